The second-order valence-corrected chi connectivity index (χ2v) is 18.5. The highest BCUT2D eigenvalue weighted by molar-refractivity contribution is 7.25. The Hall–Kier alpha value is -7.73. The smallest absolute Gasteiger partial charge is 0.164 e. The van der Waals surface area contributed by atoms with E-state index >= 15 is 0 Å². The van der Waals surface area contributed by atoms with Crippen molar-refractivity contribution < 1.29 is 4.42 Å². The Bertz CT molecular complexity index is 4100. The van der Waals surface area contributed by atoms with Crippen molar-refractivity contribution in [3.8, 4) is 45.3 Å². The minimum atomic E-state index is -0.274. The first kappa shape index (κ1) is 34.9. The Labute approximate surface area is 365 Å². The zero-order chi connectivity index (χ0) is 41.6. The van der Waals surface area contributed by atoms with Crippen molar-refractivity contribution in [1.29, 1.82) is 0 Å². The van der Waals surface area contributed by atoms with Crippen LogP contribution in [-0.4, -0.2) is 15.0 Å². The average Bonchev–Trinajstić information content (AvgIpc) is 3.98. The molecular formula is C58H35N3OS. The van der Waals surface area contributed by atoms with E-state index in [4.69, 9.17) is 19.4 Å². The number of fused-ring (bicyclic) bond motifs is 18. The third kappa shape index (κ3) is 4.88. The lowest BCUT2D eigenvalue weighted by Crippen LogP contribution is -2.15. The minimum absolute atomic E-state index is 0.274. The molecule has 1 aliphatic rings. The summed E-state index contributed by atoms with van der Waals surface area (Å²) in [5.41, 5.74) is 9.10. The number of para-hydroxylation sites is 1. The molecular weight excluding hydrogens is 787 g/mol. The van der Waals surface area contributed by atoms with Crippen LogP contribution in [0.25, 0.3) is 130 Å². The molecule has 1 aliphatic carbocycles. The van der Waals surface area contributed by atoms with Crippen LogP contribution in [-0.2, 0) is 5.41 Å². The van der Waals surface area contributed by atoms with Gasteiger partial charge in [-0.2, -0.15) is 0 Å². The summed E-state index contributed by atoms with van der Waals surface area (Å²) in [6.07, 6.45) is 0. The SMILES string of the molecule is CC1(C)c2ccccc2-c2c1cc(-c1nc(-c3ccc4sc5ccccc5c4c3)nc(-c3ccc4ccc5c6ccccc6c6ccccc6c5c4c3)n1)c1c2oc2ccccc21. The van der Waals surface area contributed by atoms with Gasteiger partial charge in [-0.3, -0.25) is 0 Å². The molecule has 0 N–H and O–H groups in total. The third-order valence-corrected chi connectivity index (χ3v) is 14.8. The van der Waals surface area contributed by atoms with Crippen LogP contribution in [0.5, 0.6) is 0 Å². The number of furan rings is 1. The monoisotopic (exact) mass is 821 g/mol. The molecule has 3 aromatic heterocycles. The van der Waals surface area contributed by atoms with Crippen LogP contribution in [0.1, 0.15) is 25.0 Å². The Morgan fingerprint density at radius 2 is 0.984 bits per heavy atom. The molecule has 5 heteroatoms. The maximum absolute atomic E-state index is 6.90. The van der Waals surface area contributed by atoms with Gasteiger partial charge in [0.25, 0.3) is 0 Å². The van der Waals surface area contributed by atoms with Crippen molar-refractivity contribution in [3.63, 3.8) is 0 Å². The summed E-state index contributed by atoms with van der Waals surface area (Å²) in [5.74, 6) is 1.87. The first-order valence-corrected chi connectivity index (χ1v) is 22.3. The molecule has 4 nitrogen and oxygen atoms in total. The van der Waals surface area contributed by atoms with Gasteiger partial charge in [0.05, 0.1) is 0 Å². The van der Waals surface area contributed by atoms with Gasteiger partial charge in [-0.25, -0.2) is 15.0 Å². The molecule has 0 bridgehead atoms. The van der Waals surface area contributed by atoms with Gasteiger partial charge >= 0.3 is 0 Å². The minimum Gasteiger partial charge on any atom is -0.455 e. The predicted octanol–water partition coefficient (Wildman–Crippen LogP) is 16.1. The van der Waals surface area contributed by atoms with Crippen molar-refractivity contribution in [2.75, 3.05) is 0 Å². The highest BCUT2D eigenvalue weighted by Crippen LogP contribution is 2.54. The van der Waals surface area contributed by atoms with Crippen LogP contribution in [0.2, 0.25) is 0 Å². The topological polar surface area (TPSA) is 51.8 Å². The molecule has 0 fully saturated rings. The zero-order valence-corrected chi connectivity index (χ0v) is 35.2. The highest BCUT2D eigenvalue weighted by atomic mass is 32.1. The summed E-state index contributed by atoms with van der Waals surface area (Å²) < 4.78 is 9.41. The van der Waals surface area contributed by atoms with Crippen molar-refractivity contribution in [2.45, 2.75) is 19.3 Å². The number of benzene rings is 10. The van der Waals surface area contributed by atoms with Crippen LogP contribution in [0.4, 0.5) is 0 Å². The van der Waals surface area contributed by atoms with Crippen LogP contribution in [0, 0.1) is 0 Å². The van der Waals surface area contributed by atoms with E-state index in [1.807, 2.05) is 17.4 Å². The quantitative estimate of drug-likeness (QED) is 0.167. The summed E-state index contributed by atoms with van der Waals surface area (Å²) in [6.45, 7) is 4.62. The molecule has 63 heavy (non-hydrogen) atoms. The van der Waals surface area contributed by atoms with Crippen molar-refractivity contribution in [1.82, 2.24) is 15.0 Å². The molecule has 0 amide bonds. The van der Waals surface area contributed by atoms with E-state index < -0.39 is 0 Å². The van der Waals surface area contributed by atoms with Gasteiger partial charge in [0, 0.05) is 58.6 Å². The molecule has 0 spiro atoms. The average molecular weight is 822 g/mol. The second-order valence-electron chi connectivity index (χ2n) is 17.5. The molecule has 294 valence electrons. The number of thiophene rings is 1. The Balaban J connectivity index is 1.08. The summed E-state index contributed by atoms with van der Waals surface area (Å²) >= 11 is 1.81. The van der Waals surface area contributed by atoms with Crippen molar-refractivity contribution in [3.05, 3.63) is 187 Å². The molecule has 0 atom stereocenters. The van der Waals surface area contributed by atoms with Crippen LogP contribution < -0.4 is 0 Å². The molecule has 3 heterocycles. The first-order valence-electron chi connectivity index (χ1n) is 21.5. The molecule has 0 unspecified atom stereocenters. The first-order chi connectivity index (χ1) is 31.0. The number of nitrogens with zero attached hydrogens (tertiary/aromatic N) is 3. The molecule has 0 saturated carbocycles. The van der Waals surface area contributed by atoms with Gasteiger partial charge < -0.3 is 4.42 Å². The number of hydrogen-bond acceptors (Lipinski definition) is 5. The fraction of sp³-hybridized carbons (Fsp3) is 0.0517. The standard InChI is InChI=1S/C58H35N3OS/c1-58(2)46-20-10-7-18-41(46)53-47(58)31-45(52-42-19-8-11-21-48(42)62-54(52)53)57-60-55(59-56(61-57)34-26-28-50-44(30-34)38-16-9-12-22-49(38)63-50)33-24-23-32-25-27-40-37-15-4-3-13-35(37)36-14-5-6-17-39(36)51(40)43(32)29-33/h3-31H,1-2H3. The Morgan fingerprint density at radius 1 is 0.413 bits per heavy atom. The summed E-state index contributed by atoms with van der Waals surface area (Å²) in [4.78, 5) is 16.3. The van der Waals surface area contributed by atoms with Gasteiger partial charge in [-0.05, 0) is 102 Å². The molecule has 0 aliphatic heterocycles. The molecule has 0 saturated heterocycles. The van der Waals surface area contributed by atoms with Crippen LogP contribution >= 0.6 is 11.3 Å². The Kier molecular flexibility index (Phi) is 7.02. The van der Waals surface area contributed by atoms with E-state index in [1.165, 1.54) is 80.0 Å². The predicted molar refractivity (Wildman–Crippen MR) is 264 cm³/mol. The number of hydrogen-bond donors (Lipinski definition) is 0. The van der Waals surface area contributed by atoms with Crippen molar-refractivity contribution in [2.24, 2.45) is 0 Å². The fourth-order valence-electron chi connectivity index (χ4n) is 10.7. The number of rotatable bonds is 3. The zero-order valence-electron chi connectivity index (χ0n) is 34.4. The van der Waals surface area contributed by atoms with E-state index in [9.17, 15) is 0 Å². The fourth-order valence-corrected chi connectivity index (χ4v) is 11.8. The summed E-state index contributed by atoms with van der Waals surface area (Å²) in [5, 5.41) is 14.3. The highest BCUT2D eigenvalue weighted by Gasteiger charge is 2.39. The maximum Gasteiger partial charge on any atom is 0.164 e. The van der Waals surface area contributed by atoms with Gasteiger partial charge in [-0.15, -0.1) is 11.3 Å². The lowest BCUT2D eigenvalue weighted by Gasteiger charge is -2.22. The lowest BCUT2D eigenvalue weighted by molar-refractivity contribution is 0.653. The second kappa shape index (κ2) is 12.7. The largest absolute Gasteiger partial charge is 0.455 e. The van der Waals surface area contributed by atoms with Gasteiger partial charge in [0.15, 0.2) is 17.5 Å². The van der Waals surface area contributed by atoms with Crippen LogP contribution in [0.3, 0.4) is 0 Å². The van der Waals surface area contributed by atoms with E-state index in [-0.39, 0.29) is 5.41 Å². The molecule has 14 rings (SSSR count). The molecule has 0 radical (unpaired) electrons. The summed E-state index contributed by atoms with van der Waals surface area (Å²) in [6, 6.07) is 63.5. The molecule has 10 aromatic carbocycles. The maximum atomic E-state index is 6.90. The third-order valence-electron chi connectivity index (χ3n) is 13.7. The number of aromatic nitrogens is 3. The normalized spacial score (nSPS) is 13.4. The van der Waals surface area contributed by atoms with Gasteiger partial charge in [0.1, 0.15) is 11.2 Å². The molecule has 13 aromatic rings. The van der Waals surface area contributed by atoms with Gasteiger partial charge in [-0.1, -0.05) is 147 Å². The van der Waals surface area contributed by atoms with Crippen LogP contribution in [0.15, 0.2) is 180 Å². The summed E-state index contributed by atoms with van der Waals surface area (Å²) in [7, 11) is 0. The van der Waals surface area contributed by atoms with E-state index in [1.54, 1.807) is 0 Å². The van der Waals surface area contributed by atoms with E-state index in [0.717, 1.165) is 44.2 Å². The Morgan fingerprint density at radius 3 is 1.78 bits per heavy atom. The van der Waals surface area contributed by atoms with E-state index in [2.05, 4.69) is 184 Å². The van der Waals surface area contributed by atoms with Crippen molar-refractivity contribution >= 4 is 96.5 Å². The lowest BCUT2D eigenvalue weighted by atomic mass is 9.81. The van der Waals surface area contributed by atoms with E-state index in [0.29, 0.717) is 17.5 Å². The van der Waals surface area contributed by atoms with Gasteiger partial charge in [0.2, 0.25) is 0 Å².